The Kier molecular flexibility index (Phi) is 4.71. The van der Waals surface area contributed by atoms with Crippen molar-refractivity contribution in [3.8, 4) is 0 Å². The van der Waals surface area contributed by atoms with E-state index in [-0.39, 0.29) is 24.6 Å². The highest BCUT2D eigenvalue weighted by molar-refractivity contribution is 7.99. The maximum Gasteiger partial charge on any atom is 0.317 e. The fraction of sp³-hybridized carbons (Fsp3) is 0.818. The Hall–Kier alpha value is -0.950. The molecule has 0 radical (unpaired) electrons. The van der Waals surface area contributed by atoms with Crippen LogP contribution >= 0.6 is 11.8 Å². The lowest BCUT2D eigenvalue weighted by Crippen LogP contribution is -2.52. The number of ether oxygens (including phenoxy) is 1. The summed E-state index contributed by atoms with van der Waals surface area (Å²) >= 11 is 1.84. The molecule has 2 aliphatic heterocycles. The fourth-order valence-corrected chi connectivity index (χ4v) is 3.29. The minimum absolute atomic E-state index is 0.0525. The summed E-state index contributed by atoms with van der Waals surface area (Å²) < 4.78 is 5.33. The van der Waals surface area contributed by atoms with Crippen LogP contribution in [-0.2, 0) is 9.53 Å². The van der Waals surface area contributed by atoms with Crippen LogP contribution in [0.15, 0.2) is 0 Å². The van der Waals surface area contributed by atoms with E-state index in [1.807, 2.05) is 11.8 Å². The van der Waals surface area contributed by atoms with Crippen LogP contribution in [0.3, 0.4) is 0 Å². The normalized spacial score (nSPS) is 28.1. The van der Waals surface area contributed by atoms with Gasteiger partial charge in [-0.1, -0.05) is 0 Å². The van der Waals surface area contributed by atoms with Gasteiger partial charge >= 0.3 is 12.0 Å². The Morgan fingerprint density at radius 1 is 1.50 bits per heavy atom. The topological polar surface area (TPSA) is 78.9 Å². The van der Waals surface area contributed by atoms with Crippen molar-refractivity contribution < 1.29 is 19.4 Å². The van der Waals surface area contributed by atoms with Gasteiger partial charge in [0, 0.05) is 24.9 Å². The van der Waals surface area contributed by atoms with E-state index < -0.39 is 5.97 Å². The molecule has 102 valence electrons. The van der Waals surface area contributed by atoms with E-state index in [0.29, 0.717) is 19.7 Å². The van der Waals surface area contributed by atoms with E-state index in [4.69, 9.17) is 9.84 Å². The number of nitrogens with one attached hydrogen (secondary N) is 1. The van der Waals surface area contributed by atoms with Gasteiger partial charge in [-0.05, 0) is 12.2 Å². The van der Waals surface area contributed by atoms with Gasteiger partial charge in [0.1, 0.15) is 0 Å². The average Bonchev–Trinajstić information content (AvgIpc) is 2.81. The number of rotatable bonds is 3. The van der Waals surface area contributed by atoms with E-state index in [1.54, 1.807) is 4.90 Å². The van der Waals surface area contributed by atoms with Gasteiger partial charge < -0.3 is 20.1 Å². The molecule has 2 fully saturated rings. The minimum atomic E-state index is -0.894. The Morgan fingerprint density at radius 3 is 3.00 bits per heavy atom. The number of carbonyl (C=O) groups is 2. The first-order valence-corrected chi connectivity index (χ1v) is 7.27. The molecular formula is C11H18N2O4S. The van der Waals surface area contributed by atoms with Crippen molar-refractivity contribution in [1.29, 1.82) is 0 Å². The summed E-state index contributed by atoms with van der Waals surface area (Å²) in [6.07, 6.45) is 0.572. The number of aliphatic carboxylic acids is 1. The Balaban J connectivity index is 1.79. The summed E-state index contributed by atoms with van der Waals surface area (Å²) in [5.41, 5.74) is 0. The molecule has 0 saturated carbocycles. The maximum absolute atomic E-state index is 12.0. The predicted molar refractivity (Wildman–Crippen MR) is 67.8 cm³/mol. The van der Waals surface area contributed by atoms with Gasteiger partial charge in [-0.25, -0.2) is 4.79 Å². The van der Waals surface area contributed by atoms with Crippen LogP contribution in [-0.4, -0.2) is 65.4 Å². The van der Waals surface area contributed by atoms with Crippen molar-refractivity contribution in [2.45, 2.75) is 25.0 Å². The number of hydrogen-bond donors (Lipinski definition) is 2. The monoisotopic (exact) mass is 274 g/mol. The SMILES string of the molecule is O=C(O)CC1CN(C(=O)NC2CCSC2)CCO1. The molecule has 7 heteroatoms. The van der Waals surface area contributed by atoms with Crippen LogP contribution in [0.2, 0.25) is 0 Å². The molecular weight excluding hydrogens is 256 g/mol. The zero-order valence-electron chi connectivity index (χ0n) is 10.1. The van der Waals surface area contributed by atoms with Crippen molar-refractivity contribution >= 4 is 23.8 Å². The molecule has 2 atom stereocenters. The number of amides is 2. The van der Waals surface area contributed by atoms with Gasteiger partial charge in [0.15, 0.2) is 0 Å². The Labute approximate surface area is 110 Å². The van der Waals surface area contributed by atoms with Crippen molar-refractivity contribution in [1.82, 2.24) is 10.2 Å². The largest absolute Gasteiger partial charge is 0.481 e. The molecule has 6 nitrogen and oxygen atoms in total. The number of hydrogen-bond acceptors (Lipinski definition) is 4. The summed E-state index contributed by atoms with van der Waals surface area (Å²) in [6, 6.07) is 0.157. The van der Waals surface area contributed by atoms with Gasteiger partial charge in [0.25, 0.3) is 0 Å². The molecule has 2 amide bonds. The first-order valence-electron chi connectivity index (χ1n) is 6.11. The third-order valence-electron chi connectivity index (χ3n) is 3.09. The zero-order chi connectivity index (χ0) is 13.0. The molecule has 0 aliphatic carbocycles. The summed E-state index contributed by atoms with van der Waals surface area (Å²) in [4.78, 5) is 24.3. The van der Waals surface area contributed by atoms with E-state index >= 15 is 0 Å². The van der Waals surface area contributed by atoms with Gasteiger partial charge in [-0.2, -0.15) is 11.8 Å². The second-order valence-corrected chi connectivity index (χ2v) is 5.70. The van der Waals surface area contributed by atoms with E-state index in [0.717, 1.165) is 17.9 Å². The van der Waals surface area contributed by atoms with Gasteiger partial charge in [0.2, 0.25) is 0 Å². The molecule has 18 heavy (non-hydrogen) atoms. The van der Waals surface area contributed by atoms with Crippen molar-refractivity contribution in [3.63, 3.8) is 0 Å². The summed E-state index contributed by atoms with van der Waals surface area (Å²) in [7, 11) is 0. The van der Waals surface area contributed by atoms with E-state index in [9.17, 15) is 9.59 Å². The summed E-state index contributed by atoms with van der Waals surface area (Å²) in [5, 5.41) is 11.7. The lowest BCUT2D eigenvalue weighted by Gasteiger charge is -2.33. The molecule has 0 spiro atoms. The highest BCUT2D eigenvalue weighted by Crippen LogP contribution is 2.17. The van der Waals surface area contributed by atoms with Crippen molar-refractivity contribution in [3.05, 3.63) is 0 Å². The Morgan fingerprint density at radius 2 is 2.33 bits per heavy atom. The fourth-order valence-electron chi connectivity index (χ4n) is 2.14. The number of morpholine rings is 1. The number of thioether (sulfide) groups is 1. The summed E-state index contributed by atoms with van der Waals surface area (Å²) in [5.74, 6) is 1.17. The van der Waals surface area contributed by atoms with Crippen LogP contribution in [0.5, 0.6) is 0 Å². The lowest BCUT2D eigenvalue weighted by atomic mass is 10.2. The van der Waals surface area contributed by atoms with Gasteiger partial charge in [0.05, 0.1) is 19.1 Å². The Bertz CT molecular complexity index is 320. The molecule has 2 unspecified atom stereocenters. The number of urea groups is 1. The third-order valence-corrected chi connectivity index (χ3v) is 4.25. The van der Waals surface area contributed by atoms with Crippen LogP contribution in [0, 0.1) is 0 Å². The highest BCUT2D eigenvalue weighted by atomic mass is 32.2. The van der Waals surface area contributed by atoms with Gasteiger partial charge in [-0.3, -0.25) is 4.79 Å². The molecule has 2 saturated heterocycles. The molecule has 0 bridgehead atoms. The second-order valence-electron chi connectivity index (χ2n) is 4.55. The number of carboxylic acid groups (broad SMARTS) is 1. The highest BCUT2D eigenvalue weighted by Gasteiger charge is 2.27. The second kappa shape index (κ2) is 6.29. The third kappa shape index (κ3) is 3.78. The average molecular weight is 274 g/mol. The van der Waals surface area contributed by atoms with Crippen LogP contribution in [0.4, 0.5) is 4.79 Å². The predicted octanol–water partition coefficient (Wildman–Crippen LogP) is 0.377. The van der Waals surface area contributed by atoms with E-state index in [1.165, 1.54) is 0 Å². The van der Waals surface area contributed by atoms with Crippen LogP contribution < -0.4 is 5.32 Å². The summed E-state index contributed by atoms with van der Waals surface area (Å²) in [6.45, 7) is 1.30. The minimum Gasteiger partial charge on any atom is -0.481 e. The molecule has 2 N–H and O–H groups in total. The standard InChI is InChI=1S/C11H18N2O4S/c14-10(15)5-9-6-13(2-3-17-9)11(16)12-8-1-4-18-7-8/h8-9H,1-7H2,(H,12,16)(H,14,15). The first-order chi connectivity index (χ1) is 8.65. The number of nitrogens with zero attached hydrogens (tertiary/aromatic N) is 1. The molecule has 2 heterocycles. The molecule has 0 aromatic heterocycles. The number of carbonyl (C=O) groups excluding carboxylic acids is 1. The lowest BCUT2D eigenvalue weighted by molar-refractivity contribution is -0.141. The molecule has 0 aromatic carbocycles. The first kappa shape index (κ1) is 13.5. The zero-order valence-corrected chi connectivity index (χ0v) is 10.9. The number of carboxylic acids is 1. The van der Waals surface area contributed by atoms with E-state index in [2.05, 4.69) is 5.32 Å². The molecule has 2 aliphatic rings. The van der Waals surface area contributed by atoms with Gasteiger partial charge in [-0.15, -0.1) is 0 Å². The quantitative estimate of drug-likeness (QED) is 0.777. The van der Waals surface area contributed by atoms with Crippen molar-refractivity contribution in [2.75, 3.05) is 31.2 Å². The van der Waals surface area contributed by atoms with Crippen molar-refractivity contribution in [2.24, 2.45) is 0 Å². The smallest absolute Gasteiger partial charge is 0.317 e. The maximum atomic E-state index is 12.0. The van der Waals surface area contributed by atoms with Crippen LogP contribution in [0.25, 0.3) is 0 Å². The molecule has 0 aromatic rings. The molecule has 2 rings (SSSR count). The van der Waals surface area contributed by atoms with Crippen LogP contribution in [0.1, 0.15) is 12.8 Å².